The van der Waals surface area contributed by atoms with Crippen LogP contribution in [0.5, 0.6) is 0 Å². The molecule has 1 heterocycles. The van der Waals surface area contributed by atoms with Gasteiger partial charge < -0.3 is 10.1 Å². The molecule has 0 radical (unpaired) electrons. The van der Waals surface area contributed by atoms with Crippen LogP contribution < -0.4 is 5.32 Å². The van der Waals surface area contributed by atoms with Crippen molar-refractivity contribution < 1.29 is 19.2 Å². The maximum Gasteiger partial charge on any atom is 0.341 e. The van der Waals surface area contributed by atoms with Crippen molar-refractivity contribution in [1.29, 1.82) is 0 Å². The normalized spacial score (nSPS) is 10.8. The highest BCUT2D eigenvalue weighted by Crippen LogP contribution is 2.34. The number of hydrogen-bond donors (Lipinski definition) is 1. The number of non-ortho nitro benzene ring substituents is 1. The first kappa shape index (κ1) is 20.3. The molecule has 2 rings (SSSR count). The number of thiophene rings is 1. The molecule has 0 unspecified atom stereocenters. The largest absolute Gasteiger partial charge is 0.462 e. The Morgan fingerprint density at radius 2 is 2.07 bits per heavy atom. The second-order valence-electron chi connectivity index (χ2n) is 5.59. The van der Waals surface area contributed by atoms with E-state index < -0.39 is 16.8 Å². The van der Waals surface area contributed by atoms with E-state index in [4.69, 9.17) is 4.74 Å². The van der Waals surface area contributed by atoms with Gasteiger partial charge in [-0.2, -0.15) is 0 Å². The van der Waals surface area contributed by atoms with Gasteiger partial charge in [-0.25, -0.2) is 4.79 Å². The van der Waals surface area contributed by atoms with Gasteiger partial charge in [0.1, 0.15) is 5.00 Å². The Balaban J connectivity index is 2.21. The van der Waals surface area contributed by atoms with Crippen molar-refractivity contribution >= 4 is 40.0 Å². The summed E-state index contributed by atoms with van der Waals surface area (Å²) in [5.74, 6) is -0.896. The molecule has 7 nitrogen and oxygen atoms in total. The number of hydrogen-bond acceptors (Lipinski definition) is 6. The topological polar surface area (TPSA) is 98.5 Å². The van der Waals surface area contributed by atoms with Crippen LogP contribution >= 0.6 is 11.3 Å². The molecule has 27 heavy (non-hydrogen) atoms. The van der Waals surface area contributed by atoms with E-state index in [0.717, 1.165) is 10.4 Å². The van der Waals surface area contributed by atoms with Gasteiger partial charge in [0.25, 0.3) is 5.69 Å². The molecule has 0 aliphatic heterocycles. The maximum atomic E-state index is 12.3. The molecule has 0 saturated heterocycles. The molecule has 0 saturated carbocycles. The quantitative estimate of drug-likeness (QED) is 0.329. The molecule has 1 N–H and O–H groups in total. The highest BCUT2D eigenvalue weighted by molar-refractivity contribution is 7.16. The lowest BCUT2D eigenvalue weighted by molar-refractivity contribution is -0.384. The number of nitro benzene ring substituents is 1. The summed E-state index contributed by atoms with van der Waals surface area (Å²) in [6, 6.07) is 5.96. The Kier molecular flexibility index (Phi) is 6.84. The van der Waals surface area contributed by atoms with Gasteiger partial charge in [0.2, 0.25) is 5.91 Å². The predicted octanol–water partition coefficient (Wildman–Crippen LogP) is 4.36. The van der Waals surface area contributed by atoms with E-state index in [0.29, 0.717) is 22.5 Å². The van der Waals surface area contributed by atoms with Gasteiger partial charge in [0.15, 0.2) is 0 Å². The predicted molar refractivity (Wildman–Crippen MR) is 105 cm³/mol. The van der Waals surface area contributed by atoms with Crippen LogP contribution in [-0.4, -0.2) is 23.4 Å². The van der Waals surface area contributed by atoms with E-state index in [9.17, 15) is 19.7 Å². The van der Waals surface area contributed by atoms with Gasteiger partial charge in [-0.05, 0) is 37.5 Å². The van der Waals surface area contributed by atoms with Crippen LogP contribution in [0.3, 0.4) is 0 Å². The molecule has 0 spiro atoms. The first-order valence-corrected chi connectivity index (χ1v) is 9.21. The van der Waals surface area contributed by atoms with Crippen LogP contribution in [0.1, 0.15) is 40.2 Å². The third kappa shape index (κ3) is 5.01. The number of esters is 1. The zero-order chi connectivity index (χ0) is 20.0. The third-order valence-corrected chi connectivity index (χ3v) is 4.85. The molecule has 2 aromatic rings. The van der Waals surface area contributed by atoms with Crippen molar-refractivity contribution in [1.82, 2.24) is 0 Å². The van der Waals surface area contributed by atoms with Crippen LogP contribution in [0.15, 0.2) is 30.3 Å². The van der Waals surface area contributed by atoms with Crippen molar-refractivity contribution in [2.24, 2.45) is 0 Å². The van der Waals surface area contributed by atoms with Gasteiger partial charge in [-0.1, -0.05) is 19.1 Å². The fourth-order valence-electron chi connectivity index (χ4n) is 2.58. The standard InChI is InChI=1S/C19H20N2O5S/c1-4-15-12(3)27-18(17(15)19(23)26-5-2)20-16(22)10-9-13-7-6-8-14(11-13)21(24)25/h6-11H,4-5H2,1-3H3,(H,20,22)/b10-9-. The van der Waals surface area contributed by atoms with Crippen molar-refractivity contribution in [2.75, 3.05) is 11.9 Å². The van der Waals surface area contributed by atoms with E-state index >= 15 is 0 Å². The number of anilines is 1. The fourth-order valence-corrected chi connectivity index (χ4v) is 3.72. The lowest BCUT2D eigenvalue weighted by atomic mass is 10.1. The first-order valence-electron chi connectivity index (χ1n) is 8.40. The number of nitrogens with zero attached hydrogens (tertiary/aromatic N) is 1. The minimum atomic E-state index is -0.496. The number of benzene rings is 1. The summed E-state index contributed by atoms with van der Waals surface area (Å²) in [5.41, 5.74) is 1.72. The number of nitrogens with one attached hydrogen (secondary N) is 1. The highest BCUT2D eigenvalue weighted by Gasteiger charge is 2.23. The van der Waals surface area contributed by atoms with Gasteiger partial charge >= 0.3 is 5.97 Å². The molecule has 0 aliphatic rings. The summed E-state index contributed by atoms with van der Waals surface area (Å²) < 4.78 is 5.11. The SMILES string of the molecule is CCOC(=O)c1c(NC(=O)/C=C\c2cccc([N+](=O)[O-])c2)sc(C)c1CC. The highest BCUT2D eigenvalue weighted by atomic mass is 32.1. The zero-order valence-corrected chi connectivity index (χ0v) is 16.1. The Labute approximate surface area is 160 Å². The molecular formula is C19H20N2O5S. The Bertz CT molecular complexity index is 902. The molecule has 1 aromatic heterocycles. The second kappa shape index (κ2) is 9.09. The molecule has 0 fully saturated rings. The van der Waals surface area contributed by atoms with Crippen molar-refractivity contribution in [3.05, 3.63) is 62.0 Å². The van der Waals surface area contributed by atoms with E-state index in [1.807, 2.05) is 13.8 Å². The van der Waals surface area contributed by atoms with E-state index in [2.05, 4.69) is 5.32 Å². The Hall–Kier alpha value is -3.00. The summed E-state index contributed by atoms with van der Waals surface area (Å²) in [5, 5.41) is 14.0. The van der Waals surface area contributed by atoms with Gasteiger partial charge in [0.05, 0.1) is 17.1 Å². The number of aryl methyl sites for hydroxylation is 1. The number of ether oxygens (including phenoxy) is 1. The van der Waals surface area contributed by atoms with Crippen molar-refractivity contribution in [2.45, 2.75) is 27.2 Å². The molecule has 8 heteroatoms. The van der Waals surface area contributed by atoms with E-state index in [-0.39, 0.29) is 12.3 Å². The van der Waals surface area contributed by atoms with E-state index in [1.54, 1.807) is 19.1 Å². The van der Waals surface area contributed by atoms with Crippen LogP contribution in [0.2, 0.25) is 0 Å². The summed E-state index contributed by atoms with van der Waals surface area (Å²) in [6.07, 6.45) is 3.40. The minimum Gasteiger partial charge on any atom is -0.462 e. The summed E-state index contributed by atoms with van der Waals surface area (Å²) in [6.45, 7) is 5.80. The molecule has 1 amide bonds. The Morgan fingerprint density at radius 3 is 2.70 bits per heavy atom. The monoisotopic (exact) mass is 388 g/mol. The smallest absolute Gasteiger partial charge is 0.341 e. The van der Waals surface area contributed by atoms with E-state index in [1.165, 1.54) is 35.6 Å². The Morgan fingerprint density at radius 1 is 1.33 bits per heavy atom. The third-order valence-electron chi connectivity index (χ3n) is 3.79. The van der Waals surface area contributed by atoms with Crippen molar-refractivity contribution in [3.63, 3.8) is 0 Å². The minimum absolute atomic E-state index is 0.0522. The molecule has 1 aromatic carbocycles. The molecule has 0 aliphatic carbocycles. The number of amides is 1. The van der Waals surface area contributed by atoms with Crippen LogP contribution in [0.25, 0.3) is 6.08 Å². The molecule has 0 atom stereocenters. The van der Waals surface area contributed by atoms with Gasteiger partial charge in [0, 0.05) is 23.1 Å². The summed E-state index contributed by atoms with van der Waals surface area (Å²) in [4.78, 5) is 35.8. The molecular weight excluding hydrogens is 368 g/mol. The summed E-state index contributed by atoms with van der Waals surface area (Å²) >= 11 is 1.32. The van der Waals surface area contributed by atoms with Crippen LogP contribution in [0, 0.1) is 17.0 Å². The first-order chi connectivity index (χ1) is 12.9. The van der Waals surface area contributed by atoms with Crippen molar-refractivity contribution in [3.8, 4) is 0 Å². The second-order valence-corrected chi connectivity index (χ2v) is 6.81. The number of carbonyl (C=O) groups excluding carboxylic acids is 2. The average Bonchev–Trinajstić information content (AvgIpc) is 2.95. The van der Waals surface area contributed by atoms with Gasteiger partial charge in [-0.3, -0.25) is 14.9 Å². The average molecular weight is 388 g/mol. The maximum absolute atomic E-state index is 12.3. The lowest BCUT2D eigenvalue weighted by Gasteiger charge is -2.06. The van der Waals surface area contributed by atoms with Crippen LogP contribution in [0.4, 0.5) is 10.7 Å². The van der Waals surface area contributed by atoms with Gasteiger partial charge in [-0.15, -0.1) is 11.3 Å². The number of carbonyl (C=O) groups is 2. The number of rotatable bonds is 7. The number of nitro groups is 1. The molecule has 0 bridgehead atoms. The van der Waals surface area contributed by atoms with Crippen LogP contribution in [-0.2, 0) is 16.0 Å². The summed E-state index contributed by atoms with van der Waals surface area (Å²) in [7, 11) is 0. The fraction of sp³-hybridized carbons (Fsp3) is 0.263. The lowest BCUT2D eigenvalue weighted by Crippen LogP contribution is -2.13. The zero-order valence-electron chi connectivity index (χ0n) is 15.3. The molecule has 142 valence electrons.